The van der Waals surface area contributed by atoms with Crippen molar-refractivity contribution in [1.29, 1.82) is 5.26 Å². The Balaban J connectivity index is 2.65. The van der Waals surface area contributed by atoms with Crippen LogP contribution in [0.3, 0.4) is 0 Å². The molecule has 4 heteroatoms. The molecule has 72 valence electrons. The third-order valence-electron chi connectivity index (χ3n) is 1.96. The SMILES string of the molecule is N#Cc1ccccc1-c1nccnc1Cl. The standard InChI is InChI=1S/C11H6ClN3/c12-11-10(14-5-6-15-11)9-4-2-1-3-8(9)7-13/h1-6H. The largest absolute Gasteiger partial charge is 0.251 e. The normalized spacial score (nSPS) is 9.60. The van der Waals surface area contributed by atoms with Gasteiger partial charge in [-0.3, -0.25) is 4.98 Å². The Morgan fingerprint density at radius 3 is 2.60 bits per heavy atom. The minimum absolute atomic E-state index is 0.306. The highest BCUT2D eigenvalue weighted by atomic mass is 35.5. The first-order valence-corrected chi connectivity index (χ1v) is 4.66. The van der Waals surface area contributed by atoms with Gasteiger partial charge in [-0.15, -0.1) is 0 Å². The van der Waals surface area contributed by atoms with Crippen molar-refractivity contribution in [2.24, 2.45) is 0 Å². The lowest BCUT2D eigenvalue weighted by Crippen LogP contribution is -1.90. The van der Waals surface area contributed by atoms with Crippen molar-refractivity contribution in [3.63, 3.8) is 0 Å². The van der Waals surface area contributed by atoms with Gasteiger partial charge >= 0.3 is 0 Å². The van der Waals surface area contributed by atoms with E-state index in [1.807, 2.05) is 6.07 Å². The van der Waals surface area contributed by atoms with Gasteiger partial charge in [-0.05, 0) is 6.07 Å². The lowest BCUT2D eigenvalue weighted by atomic mass is 10.1. The number of rotatable bonds is 1. The lowest BCUT2D eigenvalue weighted by Gasteiger charge is -2.03. The Hall–Kier alpha value is -1.92. The van der Waals surface area contributed by atoms with Gasteiger partial charge in [-0.1, -0.05) is 29.8 Å². The fraction of sp³-hybridized carbons (Fsp3) is 0. The molecule has 15 heavy (non-hydrogen) atoms. The minimum atomic E-state index is 0.306. The molecule has 2 aromatic rings. The minimum Gasteiger partial charge on any atom is -0.251 e. The number of nitriles is 1. The monoisotopic (exact) mass is 215 g/mol. The second-order valence-corrected chi connectivity index (χ2v) is 3.21. The van der Waals surface area contributed by atoms with E-state index in [4.69, 9.17) is 16.9 Å². The number of hydrogen-bond acceptors (Lipinski definition) is 3. The zero-order chi connectivity index (χ0) is 10.7. The summed E-state index contributed by atoms with van der Waals surface area (Å²) in [5.41, 5.74) is 1.79. The topological polar surface area (TPSA) is 49.6 Å². The second kappa shape index (κ2) is 4.07. The first-order chi connectivity index (χ1) is 7.33. The average Bonchev–Trinajstić information content (AvgIpc) is 2.30. The highest BCUT2D eigenvalue weighted by Gasteiger charge is 2.09. The van der Waals surface area contributed by atoms with Crippen LogP contribution < -0.4 is 0 Å². The molecule has 0 saturated heterocycles. The Morgan fingerprint density at radius 1 is 1.13 bits per heavy atom. The quantitative estimate of drug-likeness (QED) is 0.735. The Kier molecular flexibility index (Phi) is 2.61. The van der Waals surface area contributed by atoms with Crippen LogP contribution in [0.5, 0.6) is 0 Å². The van der Waals surface area contributed by atoms with Gasteiger partial charge in [0, 0.05) is 18.0 Å². The summed E-state index contributed by atoms with van der Waals surface area (Å²) in [4.78, 5) is 8.04. The molecule has 3 nitrogen and oxygen atoms in total. The van der Waals surface area contributed by atoms with E-state index in [1.54, 1.807) is 24.4 Å². The van der Waals surface area contributed by atoms with E-state index in [0.29, 0.717) is 22.0 Å². The summed E-state index contributed by atoms with van der Waals surface area (Å²) >= 11 is 5.90. The van der Waals surface area contributed by atoms with Gasteiger partial charge in [0.05, 0.1) is 11.6 Å². The van der Waals surface area contributed by atoms with E-state index in [0.717, 1.165) is 0 Å². The fourth-order valence-corrected chi connectivity index (χ4v) is 1.50. The molecule has 0 saturated carbocycles. The maximum absolute atomic E-state index is 8.93. The summed E-state index contributed by atoms with van der Waals surface area (Å²) in [6, 6.07) is 9.25. The number of hydrogen-bond donors (Lipinski definition) is 0. The van der Waals surface area contributed by atoms with E-state index in [9.17, 15) is 0 Å². The lowest BCUT2D eigenvalue weighted by molar-refractivity contribution is 1.20. The summed E-state index contributed by atoms with van der Waals surface area (Å²) in [5, 5.41) is 9.24. The van der Waals surface area contributed by atoms with Crippen molar-refractivity contribution in [2.75, 3.05) is 0 Å². The Bertz CT molecular complexity index is 531. The van der Waals surface area contributed by atoms with Gasteiger partial charge in [0.25, 0.3) is 0 Å². The first-order valence-electron chi connectivity index (χ1n) is 4.29. The van der Waals surface area contributed by atoms with Crippen molar-refractivity contribution in [1.82, 2.24) is 9.97 Å². The van der Waals surface area contributed by atoms with E-state index in [1.165, 1.54) is 6.20 Å². The van der Waals surface area contributed by atoms with E-state index < -0.39 is 0 Å². The van der Waals surface area contributed by atoms with Crippen LogP contribution in [-0.4, -0.2) is 9.97 Å². The molecule has 0 N–H and O–H groups in total. The maximum Gasteiger partial charge on any atom is 0.155 e. The molecule has 1 aromatic heterocycles. The summed E-state index contributed by atoms with van der Waals surface area (Å²) in [7, 11) is 0. The molecule has 0 fully saturated rings. The number of benzene rings is 1. The van der Waals surface area contributed by atoms with Crippen LogP contribution in [0.25, 0.3) is 11.3 Å². The van der Waals surface area contributed by atoms with E-state index in [2.05, 4.69) is 16.0 Å². The molecule has 1 heterocycles. The molecular formula is C11H6ClN3. The van der Waals surface area contributed by atoms with Gasteiger partial charge in [0.15, 0.2) is 5.15 Å². The van der Waals surface area contributed by atoms with Crippen molar-refractivity contribution in [3.05, 3.63) is 47.4 Å². The van der Waals surface area contributed by atoms with Crippen molar-refractivity contribution < 1.29 is 0 Å². The summed E-state index contributed by atoms with van der Waals surface area (Å²) < 4.78 is 0. The van der Waals surface area contributed by atoms with E-state index >= 15 is 0 Å². The molecular weight excluding hydrogens is 210 g/mol. The number of nitrogens with zero attached hydrogens (tertiary/aromatic N) is 3. The average molecular weight is 216 g/mol. The van der Waals surface area contributed by atoms with Crippen LogP contribution >= 0.6 is 11.6 Å². The number of aromatic nitrogens is 2. The molecule has 0 amide bonds. The molecule has 0 aliphatic carbocycles. The second-order valence-electron chi connectivity index (χ2n) is 2.85. The molecule has 0 bridgehead atoms. The third kappa shape index (κ3) is 1.80. The zero-order valence-electron chi connectivity index (χ0n) is 7.68. The first kappa shape index (κ1) is 9.63. The van der Waals surface area contributed by atoms with Crippen molar-refractivity contribution in [2.45, 2.75) is 0 Å². The van der Waals surface area contributed by atoms with Crippen LogP contribution in [0, 0.1) is 11.3 Å². The highest BCUT2D eigenvalue weighted by molar-refractivity contribution is 6.31. The van der Waals surface area contributed by atoms with Crippen LogP contribution in [0.2, 0.25) is 5.15 Å². The number of halogens is 1. The molecule has 1 aromatic carbocycles. The van der Waals surface area contributed by atoms with Gasteiger partial charge in [0.1, 0.15) is 5.69 Å². The molecule has 2 rings (SSSR count). The van der Waals surface area contributed by atoms with Crippen molar-refractivity contribution >= 4 is 11.6 Å². The molecule has 0 spiro atoms. The Labute approximate surface area is 92.0 Å². The van der Waals surface area contributed by atoms with Gasteiger partial charge in [-0.2, -0.15) is 5.26 Å². The predicted octanol–water partition coefficient (Wildman–Crippen LogP) is 2.67. The molecule has 0 radical (unpaired) electrons. The molecule has 0 atom stereocenters. The Morgan fingerprint density at radius 2 is 1.87 bits per heavy atom. The van der Waals surface area contributed by atoms with Crippen LogP contribution in [0.4, 0.5) is 0 Å². The van der Waals surface area contributed by atoms with E-state index in [-0.39, 0.29) is 0 Å². The maximum atomic E-state index is 8.93. The summed E-state index contributed by atoms with van der Waals surface area (Å²) in [5.74, 6) is 0. The fourth-order valence-electron chi connectivity index (χ4n) is 1.29. The predicted molar refractivity (Wildman–Crippen MR) is 57.2 cm³/mol. The van der Waals surface area contributed by atoms with Crippen LogP contribution in [0.15, 0.2) is 36.7 Å². The van der Waals surface area contributed by atoms with Crippen LogP contribution in [-0.2, 0) is 0 Å². The van der Waals surface area contributed by atoms with Gasteiger partial charge < -0.3 is 0 Å². The zero-order valence-corrected chi connectivity index (χ0v) is 8.44. The van der Waals surface area contributed by atoms with Gasteiger partial charge in [0.2, 0.25) is 0 Å². The summed E-state index contributed by atoms with van der Waals surface area (Å²) in [6.45, 7) is 0. The molecule has 0 unspecified atom stereocenters. The van der Waals surface area contributed by atoms with Crippen molar-refractivity contribution in [3.8, 4) is 17.3 Å². The molecule has 0 aliphatic rings. The molecule has 0 aliphatic heterocycles. The van der Waals surface area contributed by atoms with Crippen LogP contribution in [0.1, 0.15) is 5.56 Å². The van der Waals surface area contributed by atoms with Gasteiger partial charge in [-0.25, -0.2) is 4.98 Å². The smallest absolute Gasteiger partial charge is 0.155 e. The third-order valence-corrected chi connectivity index (χ3v) is 2.23. The highest BCUT2D eigenvalue weighted by Crippen LogP contribution is 2.25. The summed E-state index contributed by atoms with van der Waals surface area (Å²) in [6.07, 6.45) is 3.07.